The number of rotatable bonds is 0. The molecule has 98 valence electrons. The Balaban J connectivity index is 2.56. The average Bonchev–Trinajstić information content (AvgIpc) is 2.35. The van der Waals surface area contributed by atoms with Gasteiger partial charge in [-0.25, -0.2) is 0 Å². The van der Waals surface area contributed by atoms with Gasteiger partial charge in [0, 0.05) is 5.69 Å². The molecule has 0 bridgehead atoms. The number of H-pyrrole nitrogens is 1. The molecule has 1 aromatic rings. The van der Waals surface area contributed by atoms with Gasteiger partial charge in [-0.15, -0.1) is 0 Å². The number of fused-ring (bicyclic) bond motifs is 1. The van der Waals surface area contributed by atoms with Gasteiger partial charge in [-0.2, -0.15) is 10.5 Å². The number of hydrogen-bond acceptors (Lipinski definition) is 3. The van der Waals surface area contributed by atoms with Crippen LogP contribution in [0.25, 0.3) is 0 Å². The molecule has 0 saturated heterocycles. The van der Waals surface area contributed by atoms with Crippen LogP contribution in [0.2, 0.25) is 0 Å². The predicted molar refractivity (Wildman–Crippen MR) is 71.5 cm³/mol. The summed E-state index contributed by atoms with van der Waals surface area (Å²) in [7, 11) is 0. The van der Waals surface area contributed by atoms with E-state index in [4.69, 9.17) is 5.26 Å². The van der Waals surface area contributed by atoms with Gasteiger partial charge < -0.3 is 4.98 Å². The van der Waals surface area contributed by atoms with E-state index < -0.39 is 5.56 Å². The molecule has 19 heavy (non-hydrogen) atoms. The monoisotopic (exact) mass is 255 g/mol. The molecule has 0 amide bonds. The molecule has 0 radical (unpaired) electrons. The summed E-state index contributed by atoms with van der Waals surface area (Å²) in [6.45, 7) is 6.57. The van der Waals surface area contributed by atoms with Crippen LogP contribution < -0.4 is 5.56 Å². The van der Waals surface area contributed by atoms with Gasteiger partial charge in [0.15, 0.2) is 0 Å². The van der Waals surface area contributed by atoms with Gasteiger partial charge in [0.05, 0.1) is 5.56 Å². The van der Waals surface area contributed by atoms with Crippen molar-refractivity contribution in [2.45, 2.75) is 40.0 Å². The van der Waals surface area contributed by atoms with Crippen molar-refractivity contribution in [1.82, 2.24) is 4.98 Å². The first-order chi connectivity index (χ1) is 8.88. The van der Waals surface area contributed by atoms with E-state index in [-0.39, 0.29) is 16.5 Å². The van der Waals surface area contributed by atoms with Crippen LogP contribution in [-0.2, 0) is 12.8 Å². The Bertz CT molecular complexity index is 650. The number of pyridine rings is 1. The Morgan fingerprint density at radius 1 is 1.21 bits per heavy atom. The van der Waals surface area contributed by atoms with Crippen LogP contribution in [-0.4, -0.2) is 4.98 Å². The molecular weight excluding hydrogens is 238 g/mol. The molecule has 1 aromatic heterocycles. The second kappa shape index (κ2) is 4.55. The Hall–Kier alpha value is -2.07. The van der Waals surface area contributed by atoms with Crippen molar-refractivity contribution in [1.29, 1.82) is 10.5 Å². The molecule has 0 saturated carbocycles. The highest BCUT2D eigenvalue weighted by atomic mass is 16.1. The number of nitrogens with one attached hydrogen (secondary N) is 1. The molecular formula is C15H17N3O. The van der Waals surface area contributed by atoms with Crippen LogP contribution in [0, 0.1) is 34.0 Å². The highest BCUT2D eigenvalue weighted by Gasteiger charge is 2.31. The molecule has 0 aromatic carbocycles. The van der Waals surface area contributed by atoms with Gasteiger partial charge in [0.25, 0.3) is 5.56 Å². The van der Waals surface area contributed by atoms with Crippen LogP contribution in [0.15, 0.2) is 4.79 Å². The van der Waals surface area contributed by atoms with Gasteiger partial charge in [-0.3, -0.25) is 4.79 Å². The molecule has 1 heterocycles. The number of aromatic nitrogens is 1. The summed E-state index contributed by atoms with van der Waals surface area (Å²) in [4.78, 5) is 14.6. The molecule has 1 unspecified atom stereocenters. The summed E-state index contributed by atoms with van der Waals surface area (Å²) in [5.74, 6) is 0.482. The third kappa shape index (κ3) is 2.27. The maximum atomic E-state index is 11.8. The molecule has 1 N–H and O–H groups in total. The minimum absolute atomic E-state index is 0.0459. The standard InChI is InChI=1S/C15H17N3O/c1-15(2,3)9-4-5-10-11(7-16)12(8-17)14(19)18-13(10)6-9/h9H,4-6H2,1-3H3,(H,18,19). The van der Waals surface area contributed by atoms with Gasteiger partial charge in [0.1, 0.15) is 17.7 Å². The van der Waals surface area contributed by atoms with E-state index in [1.54, 1.807) is 0 Å². The van der Waals surface area contributed by atoms with E-state index in [1.165, 1.54) is 0 Å². The van der Waals surface area contributed by atoms with Crippen molar-refractivity contribution in [3.05, 3.63) is 32.7 Å². The summed E-state index contributed by atoms with van der Waals surface area (Å²) < 4.78 is 0. The number of nitriles is 2. The second-order valence-electron chi connectivity index (χ2n) is 6.19. The largest absolute Gasteiger partial charge is 0.325 e. The van der Waals surface area contributed by atoms with Crippen molar-refractivity contribution in [3.63, 3.8) is 0 Å². The second-order valence-corrected chi connectivity index (χ2v) is 6.19. The molecule has 0 fully saturated rings. The van der Waals surface area contributed by atoms with Crippen LogP contribution in [0.1, 0.15) is 49.6 Å². The maximum absolute atomic E-state index is 11.8. The van der Waals surface area contributed by atoms with E-state index in [9.17, 15) is 10.1 Å². The zero-order valence-electron chi connectivity index (χ0n) is 11.5. The molecule has 4 heteroatoms. The molecule has 2 rings (SSSR count). The Labute approximate surface area is 112 Å². The highest BCUT2D eigenvalue weighted by molar-refractivity contribution is 5.51. The summed E-state index contributed by atoms with van der Waals surface area (Å²) in [6, 6.07) is 3.87. The van der Waals surface area contributed by atoms with Crippen molar-refractivity contribution in [2.75, 3.05) is 0 Å². The van der Waals surface area contributed by atoms with Crippen LogP contribution in [0.3, 0.4) is 0 Å². The van der Waals surface area contributed by atoms with Crippen molar-refractivity contribution in [2.24, 2.45) is 11.3 Å². The van der Waals surface area contributed by atoms with Gasteiger partial charge in [0.2, 0.25) is 0 Å². The third-order valence-electron chi connectivity index (χ3n) is 4.05. The first-order valence-corrected chi connectivity index (χ1v) is 6.46. The Kier molecular flexibility index (Phi) is 3.20. The zero-order valence-corrected chi connectivity index (χ0v) is 11.5. The molecule has 0 aliphatic heterocycles. The smallest absolute Gasteiger partial charge is 0.267 e. The number of hydrogen-bond donors (Lipinski definition) is 1. The maximum Gasteiger partial charge on any atom is 0.267 e. The molecule has 0 spiro atoms. The van der Waals surface area contributed by atoms with Gasteiger partial charge in [-0.05, 0) is 36.2 Å². The lowest BCUT2D eigenvalue weighted by molar-refractivity contribution is 0.213. The lowest BCUT2D eigenvalue weighted by Crippen LogP contribution is -2.30. The molecule has 1 atom stereocenters. The lowest BCUT2D eigenvalue weighted by Gasteiger charge is -2.34. The summed E-state index contributed by atoms with van der Waals surface area (Å²) in [5.41, 5.74) is 1.66. The lowest BCUT2D eigenvalue weighted by atomic mass is 9.71. The third-order valence-corrected chi connectivity index (χ3v) is 4.05. The molecule has 1 aliphatic rings. The average molecular weight is 255 g/mol. The van der Waals surface area contributed by atoms with E-state index in [2.05, 4.69) is 25.8 Å². The fourth-order valence-electron chi connectivity index (χ4n) is 2.78. The van der Waals surface area contributed by atoms with Crippen molar-refractivity contribution < 1.29 is 0 Å². The van der Waals surface area contributed by atoms with E-state index in [0.29, 0.717) is 5.92 Å². The van der Waals surface area contributed by atoms with E-state index >= 15 is 0 Å². The summed E-state index contributed by atoms with van der Waals surface area (Å²) in [6.07, 6.45) is 2.52. The number of nitrogens with zero attached hydrogens (tertiary/aromatic N) is 2. The fourth-order valence-corrected chi connectivity index (χ4v) is 2.78. The topological polar surface area (TPSA) is 80.4 Å². The minimum atomic E-state index is -0.438. The zero-order chi connectivity index (χ0) is 14.2. The first-order valence-electron chi connectivity index (χ1n) is 6.46. The van der Waals surface area contributed by atoms with E-state index in [0.717, 1.165) is 30.5 Å². The minimum Gasteiger partial charge on any atom is -0.325 e. The van der Waals surface area contributed by atoms with E-state index in [1.807, 2.05) is 12.1 Å². The van der Waals surface area contributed by atoms with Crippen molar-refractivity contribution >= 4 is 0 Å². The summed E-state index contributed by atoms with van der Waals surface area (Å²) >= 11 is 0. The van der Waals surface area contributed by atoms with Crippen LogP contribution >= 0.6 is 0 Å². The highest BCUT2D eigenvalue weighted by Crippen LogP contribution is 2.37. The van der Waals surface area contributed by atoms with Gasteiger partial charge in [-0.1, -0.05) is 20.8 Å². The Morgan fingerprint density at radius 3 is 2.37 bits per heavy atom. The summed E-state index contributed by atoms with van der Waals surface area (Å²) in [5, 5.41) is 18.2. The van der Waals surface area contributed by atoms with Gasteiger partial charge >= 0.3 is 0 Å². The number of aromatic amines is 1. The SMILES string of the molecule is CC(C)(C)C1CCc2c([nH]c(=O)c(C#N)c2C#N)C1. The normalized spacial score (nSPS) is 18.3. The predicted octanol–water partition coefficient (Wildman–Crippen LogP) is 2.27. The van der Waals surface area contributed by atoms with Crippen molar-refractivity contribution in [3.8, 4) is 12.1 Å². The first kappa shape index (κ1) is 13.4. The van der Waals surface area contributed by atoms with Crippen LogP contribution in [0.4, 0.5) is 0 Å². The quantitative estimate of drug-likeness (QED) is 0.772. The molecule has 4 nitrogen and oxygen atoms in total. The fraction of sp³-hybridized carbons (Fsp3) is 0.533. The Morgan fingerprint density at radius 2 is 1.84 bits per heavy atom. The molecule has 1 aliphatic carbocycles. The van der Waals surface area contributed by atoms with Crippen LogP contribution in [0.5, 0.6) is 0 Å².